The van der Waals surface area contributed by atoms with Crippen LogP contribution >= 0.6 is 0 Å². The third-order valence-corrected chi connectivity index (χ3v) is 4.24. The predicted octanol–water partition coefficient (Wildman–Crippen LogP) is 2.07. The van der Waals surface area contributed by atoms with Gasteiger partial charge in [0.2, 0.25) is 5.91 Å². The molecule has 1 heterocycles. The number of piperidine rings is 1. The summed E-state index contributed by atoms with van der Waals surface area (Å²) in [6.07, 6.45) is 6.84. The molecule has 3 nitrogen and oxygen atoms in total. The molecule has 0 aromatic heterocycles. The van der Waals surface area contributed by atoms with Gasteiger partial charge in [-0.1, -0.05) is 0 Å². The van der Waals surface area contributed by atoms with Gasteiger partial charge < -0.3 is 10.6 Å². The summed E-state index contributed by atoms with van der Waals surface area (Å²) >= 11 is 0. The zero-order valence-corrected chi connectivity index (χ0v) is 11.2. The Balaban J connectivity index is 1.66. The maximum Gasteiger partial charge on any atom is 0.220 e. The van der Waals surface area contributed by atoms with E-state index in [2.05, 4.69) is 24.5 Å². The molecule has 1 saturated carbocycles. The molecule has 0 aromatic rings. The summed E-state index contributed by atoms with van der Waals surface area (Å²) < 4.78 is 0. The highest BCUT2D eigenvalue weighted by molar-refractivity contribution is 5.76. The van der Waals surface area contributed by atoms with E-state index in [-0.39, 0.29) is 11.4 Å². The molecule has 2 N–H and O–H groups in total. The molecule has 1 aliphatic heterocycles. The lowest BCUT2D eigenvalue weighted by Gasteiger charge is -2.27. The minimum absolute atomic E-state index is 0.0158. The molecule has 17 heavy (non-hydrogen) atoms. The fraction of sp³-hybridized carbons (Fsp3) is 0.929. The Kier molecular flexibility index (Phi) is 4.08. The van der Waals surface area contributed by atoms with Crippen molar-refractivity contribution in [3.63, 3.8) is 0 Å². The van der Waals surface area contributed by atoms with Crippen molar-refractivity contribution >= 4 is 5.91 Å². The number of nitrogens with one attached hydrogen (secondary N) is 2. The highest BCUT2D eigenvalue weighted by Gasteiger charge is 2.38. The van der Waals surface area contributed by atoms with E-state index in [4.69, 9.17) is 0 Å². The largest absolute Gasteiger partial charge is 0.351 e. The fourth-order valence-electron chi connectivity index (χ4n) is 2.83. The average Bonchev–Trinajstić information content (AvgIpc) is 3.11. The second kappa shape index (κ2) is 5.38. The second-order valence-corrected chi connectivity index (χ2v) is 6.30. The topological polar surface area (TPSA) is 41.1 Å². The van der Waals surface area contributed by atoms with Gasteiger partial charge in [-0.05, 0) is 70.9 Å². The number of hydrogen-bond donors (Lipinski definition) is 2. The van der Waals surface area contributed by atoms with E-state index in [1.807, 2.05) is 0 Å². The van der Waals surface area contributed by atoms with Crippen molar-refractivity contribution in [2.24, 2.45) is 11.8 Å². The summed E-state index contributed by atoms with van der Waals surface area (Å²) in [7, 11) is 0. The Morgan fingerprint density at radius 1 is 1.35 bits per heavy atom. The van der Waals surface area contributed by atoms with E-state index in [9.17, 15) is 4.79 Å². The molecular formula is C14H26N2O. The van der Waals surface area contributed by atoms with E-state index in [0.29, 0.717) is 18.3 Å². The fourth-order valence-corrected chi connectivity index (χ4v) is 2.83. The molecule has 1 aliphatic carbocycles. The van der Waals surface area contributed by atoms with Crippen molar-refractivity contribution in [3.8, 4) is 0 Å². The van der Waals surface area contributed by atoms with Gasteiger partial charge >= 0.3 is 0 Å². The number of amides is 1. The standard InChI is InChI=1S/C14H26N2O/c1-14(2,12-6-7-12)16-13(17)8-5-11-4-3-9-15-10-11/h11-12,15H,3-10H2,1-2H3,(H,16,17). The molecule has 1 amide bonds. The minimum Gasteiger partial charge on any atom is -0.351 e. The van der Waals surface area contributed by atoms with Crippen molar-refractivity contribution in [2.75, 3.05) is 13.1 Å². The van der Waals surface area contributed by atoms with Crippen LogP contribution in [0.5, 0.6) is 0 Å². The van der Waals surface area contributed by atoms with E-state index in [0.717, 1.165) is 19.5 Å². The second-order valence-electron chi connectivity index (χ2n) is 6.30. The third kappa shape index (κ3) is 3.98. The predicted molar refractivity (Wildman–Crippen MR) is 69.8 cm³/mol. The van der Waals surface area contributed by atoms with Gasteiger partial charge in [0.05, 0.1) is 0 Å². The molecular weight excluding hydrogens is 212 g/mol. The lowest BCUT2D eigenvalue weighted by molar-refractivity contribution is -0.123. The van der Waals surface area contributed by atoms with Gasteiger partial charge in [0.15, 0.2) is 0 Å². The summed E-state index contributed by atoms with van der Waals surface area (Å²) in [6, 6.07) is 0. The quantitative estimate of drug-likeness (QED) is 0.770. The molecule has 0 bridgehead atoms. The summed E-state index contributed by atoms with van der Waals surface area (Å²) in [5, 5.41) is 6.60. The van der Waals surface area contributed by atoms with Crippen LogP contribution in [0.25, 0.3) is 0 Å². The molecule has 1 unspecified atom stereocenters. The van der Waals surface area contributed by atoms with Gasteiger partial charge in [0.1, 0.15) is 0 Å². The van der Waals surface area contributed by atoms with Crippen LogP contribution in [0.4, 0.5) is 0 Å². The van der Waals surface area contributed by atoms with E-state index >= 15 is 0 Å². The van der Waals surface area contributed by atoms with Gasteiger partial charge in [0, 0.05) is 12.0 Å². The van der Waals surface area contributed by atoms with Crippen LogP contribution in [-0.4, -0.2) is 24.5 Å². The molecule has 0 radical (unpaired) electrons. The van der Waals surface area contributed by atoms with Gasteiger partial charge in [-0.3, -0.25) is 4.79 Å². The molecule has 2 fully saturated rings. The van der Waals surface area contributed by atoms with Crippen LogP contribution in [0.1, 0.15) is 52.4 Å². The average molecular weight is 238 g/mol. The molecule has 2 rings (SSSR count). The minimum atomic E-state index is 0.0158. The Labute approximate surface area is 105 Å². The Morgan fingerprint density at radius 2 is 2.12 bits per heavy atom. The first-order chi connectivity index (χ1) is 8.08. The third-order valence-electron chi connectivity index (χ3n) is 4.24. The molecule has 98 valence electrons. The Morgan fingerprint density at radius 3 is 2.71 bits per heavy atom. The highest BCUT2D eigenvalue weighted by atomic mass is 16.1. The molecule has 3 heteroatoms. The zero-order chi connectivity index (χ0) is 12.3. The van der Waals surface area contributed by atoms with Crippen molar-refractivity contribution in [1.82, 2.24) is 10.6 Å². The smallest absolute Gasteiger partial charge is 0.220 e. The maximum atomic E-state index is 11.9. The number of carbonyl (C=O) groups is 1. The lowest BCUT2D eigenvalue weighted by Crippen LogP contribution is -2.45. The summed E-state index contributed by atoms with van der Waals surface area (Å²) in [5.41, 5.74) is 0.0158. The molecule has 1 saturated heterocycles. The molecule has 2 aliphatic rings. The van der Waals surface area contributed by atoms with E-state index < -0.39 is 0 Å². The summed E-state index contributed by atoms with van der Waals surface area (Å²) in [6.45, 7) is 6.56. The lowest BCUT2D eigenvalue weighted by atomic mass is 9.93. The molecule has 0 spiro atoms. The van der Waals surface area contributed by atoms with Crippen LogP contribution in [-0.2, 0) is 4.79 Å². The number of rotatable bonds is 5. The van der Waals surface area contributed by atoms with Crippen molar-refractivity contribution in [2.45, 2.75) is 57.9 Å². The summed E-state index contributed by atoms with van der Waals surface area (Å²) in [5.74, 6) is 1.66. The monoisotopic (exact) mass is 238 g/mol. The van der Waals surface area contributed by atoms with Crippen LogP contribution in [0, 0.1) is 11.8 Å². The van der Waals surface area contributed by atoms with E-state index in [1.165, 1.54) is 25.7 Å². The van der Waals surface area contributed by atoms with Crippen LogP contribution in [0.3, 0.4) is 0 Å². The first-order valence-corrected chi connectivity index (χ1v) is 7.09. The van der Waals surface area contributed by atoms with Gasteiger partial charge in [0.25, 0.3) is 0 Å². The Bertz CT molecular complexity index is 265. The van der Waals surface area contributed by atoms with Gasteiger partial charge in [-0.15, -0.1) is 0 Å². The molecule has 1 atom stereocenters. The zero-order valence-electron chi connectivity index (χ0n) is 11.2. The summed E-state index contributed by atoms with van der Waals surface area (Å²) in [4.78, 5) is 11.9. The van der Waals surface area contributed by atoms with Gasteiger partial charge in [-0.25, -0.2) is 0 Å². The SMILES string of the molecule is CC(C)(NC(=O)CCC1CCCNC1)C1CC1. The highest BCUT2D eigenvalue weighted by Crippen LogP contribution is 2.39. The van der Waals surface area contributed by atoms with Gasteiger partial charge in [-0.2, -0.15) is 0 Å². The normalized spacial score (nSPS) is 25.6. The first kappa shape index (κ1) is 12.9. The van der Waals surface area contributed by atoms with Crippen molar-refractivity contribution in [1.29, 1.82) is 0 Å². The number of hydrogen-bond acceptors (Lipinski definition) is 2. The van der Waals surface area contributed by atoms with E-state index in [1.54, 1.807) is 0 Å². The first-order valence-electron chi connectivity index (χ1n) is 7.09. The number of carbonyl (C=O) groups excluding carboxylic acids is 1. The maximum absolute atomic E-state index is 11.9. The van der Waals surface area contributed by atoms with Crippen LogP contribution < -0.4 is 10.6 Å². The molecule has 0 aromatic carbocycles. The van der Waals surface area contributed by atoms with Crippen molar-refractivity contribution in [3.05, 3.63) is 0 Å². The van der Waals surface area contributed by atoms with Crippen LogP contribution in [0.15, 0.2) is 0 Å². The Hall–Kier alpha value is -0.570. The van der Waals surface area contributed by atoms with Crippen molar-refractivity contribution < 1.29 is 4.79 Å². The van der Waals surface area contributed by atoms with Crippen LogP contribution in [0.2, 0.25) is 0 Å².